The highest BCUT2D eigenvalue weighted by Crippen LogP contribution is 2.68. The quantitative estimate of drug-likeness (QED) is 0.447. The predicted octanol–water partition coefficient (Wildman–Crippen LogP) is 6.43. The van der Waals surface area contributed by atoms with Crippen LogP contribution in [-0.4, -0.2) is 36.4 Å². The number of carbonyl (C=O) groups is 2. The predicted molar refractivity (Wildman–Crippen MR) is 143 cm³/mol. The van der Waals surface area contributed by atoms with E-state index < -0.39 is 0 Å². The van der Waals surface area contributed by atoms with Gasteiger partial charge in [-0.15, -0.1) is 0 Å². The Morgan fingerprint density at radius 2 is 1.78 bits per heavy atom. The van der Waals surface area contributed by atoms with E-state index in [4.69, 9.17) is 9.47 Å². The molecule has 0 aromatic heterocycles. The van der Waals surface area contributed by atoms with Crippen LogP contribution in [-0.2, 0) is 14.3 Å². The number of methoxy groups -OCH3 is 1. The molecule has 1 aromatic rings. The molecule has 0 unspecified atom stereocenters. The van der Waals surface area contributed by atoms with Gasteiger partial charge in [0.25, 0.3) is 0 Å². The van der Waals surface area contributed by atoms with Crippen LogP contribution in [0.4, 0.5) is 0 Å². The molecule has 0 saturated heterocycles. The van der Waals surface area contributed by atoms with Crippen molar-refractivity contribution in [2.24, 2.45) is 46.3 Å². The number of hydrogen-bond donors (Lipinski definition) is 1. The van der Waals surface area contributed by atoms with Crippen LogP contribution in [0.2, 0.25) is 0 Å². The summed E-state index contributed by atoms with van der Waals surface area (Å²) in [6.45, 7) is 7.11. The minimum atomic E-state index is -0.295. The molecule has 0 spiro atoms. The maximum Gasteiger partial charge on any atom is 0.338 e. The van der Waals surface area contributed by atoms with E-state index in [1.165, 1.54) is 26.4 Å². The number of fused-ring (bicyclic) bond motifs is 5. The fourth-order valence-electron chi connectivity index (χ4n) is 9.69. The van der Waals surface area contributed by atoms with Crippen LogP contribution in [0, 0.1) is 46.3 Å². The Morgan fingerprint density at radius 1 is 1.03 bits per heavy atom. The Balaban J connectivity index is 1.27. The van der Waals surface area contributed by atoms with Crippen molar-refractivity contribution in [3.8, 4) is 0 Å². The summed E-state index contributed by atoms with van der Waals surface area (Å²) < 4.78 is 10.9. The molecule has 5 heteroatoms. The second-order valence-corrected chi connectivity index (χ2v) is 13.2. The van der Waals surface area contributed by atoms with E-state index in [0.29, 0.717) is 47.5 Å². The van der Waals surface area contributed by atoms with Gasteiger partial charge in [0, 0.05) is 6.42 Å². The molecule has 4 aliphatic carbocycles. The van der Waals surface area contributed by atoms with Gasteiger partial charge in [0.2, 0.25) is 0 Å². The summed E-state index contributed by atoms with van der Waals surface area (Å²) in [5, 5.41) is 11.8. The molecule has 204 valence electrons. The minimum Gasteiger partial charge on any atom is -0.469 e. The van der Waals surface area contributed by atoms with E-state index >= 15 is 0 Å². The fraction of sp³-hybridized carbons (Fsp3) is 0.750. The molecule has 4 aliphatic rings. The van der Waals surface area contributed by atoms with E-state index in [9.17, 15) is 14.7 Å². The van der Waals surface area contributed by atoms with Crippen molar-refractivity contribution >= 4 is 11.9 Å². The van der Waals surface area contributed by atoms with Gasteiger partial charge < -0.3 is 14.6 Å². The molecule has 0 aliphatic heterocycles. The smallest absolute Gasteiger partial charge is 0.338 e. The molecule has 1 N–H and O–H groups in total. The van der Waals surface area contributed by atoms with Crippen molar-refractivity contribution in [2.45, 2.75) is 97.2 Å². The Bertz CT molecular complexity index is 977. The third-order valence-corrected chi connectivity index (χ3v) is 11.8. The van der Waals surface area contributed by atoms with Gasteiger partial charge in [0.1, 0.15) is 6.10 Å². The number of carbonyl (C=O) groups excluding carboxylic acids is 2. The minimum absolute atomic E-state index is 0.00682. The molecule has 4 saturated carbocycles. The molecule has 0 radical (unpaired) electrons. The zero-order valence-electron chi connectivity index (χ0n) is 23.2. The van der Waals surface area contributed by atoms with Crippen LogP contribution in [0.25, 0.3) is 0 Å². The number of ether oxygens (including phenoxy) is 2. The van der Waals surface area contributed by atoms with E-state index in [2.05, 4.69) is 20.8 Å². The maximum atomic E-state index is 12.7. The fourth-order valence-corrected chi connectivity index (χ4v) is 9.69. The number of rotatable bonds is 6. The Hall–Kier alpha value is -1.88. The van der Waals surface area contributed by atoms with Crippen LogP contribution in [0.1, 0.15) is 95.3 Å². The molecular formula is C32H46O5. The van der Waals surface area contributed by atoms with E-state index in [0.717, 1.165) is 38.5 Å². The normalized spacial score (nSPS) is 41.6. The summed E-state index contributed by atoms with van der Waals surface area (Å²) in [6, 6.07) is 9.33. The maximum absolute atomic E-state index is 12.7. The molecule has 10 atom stereocenters. The first-order chi connectivity index (χ1) is 17.7. The molecule has 0 bridgehead atoms. The molecule has 0 amide bonds. The zero-order valence-corrected chi connectivity index (χ0v) is 23.2. The first-order valence-electron chi connectivity index (χ1n) is 14.7. The van der Waals surface area contributed by atoms with Gasteiger partial charge in [-0.2, -0.15) is 0 Å². The second kappa shape index (κ2) is 10.4. The SMILES string of the molecule is COC(=O)CC[C@H](C)[C@@H]1CC[C@@H]2[C@@H]3CC[C@@H]4C[C@H](OC(=O)c5ccccc5)CC[C@]4(C)[C@@H]3C[C@H](O)[C@@]21C. The van der Waals surface area contributed by atoms with Crippen molar-refractivity contribution in [1.82, 2.24) is 0 Å². The third kappa shape index (κ3) is 4.64. The summed E-state index contributed by atoms with van der Waals surface area (Å²) in [7, 11) is 1.46. The lowest BCUT2D eigenvalue weighted by Gasteiger charge is -2.62. The third-order valence-electron chi connectivity index (χ3n) is 11.8. The highest BCUT2D eigenvalue weighted by Gasteiger charge is 2.63. The van der Waals surface area contributed by atoms with E-state index in [1.54, 1.807) is 0 Å². The van der Waals surface area contributed by atoms with Gasteiger partial charge >= 0.3 is 11.9 Å². The summed E-state index contributed by atoms with van der Waals surface area (Å²) in [4.78, 5) is 24.5. The van der Waals surface area contributed by atoms with Gasteiger partial charge in [-0.05, 0) is 116 Å². The summed E-state index contributed by atoms with van der Waals surface area (Å²) in [6.07, 6.45) is 9.59. The van der Waals surface area contributed by atoms with Crippen LogP contribution < -0.4 is 0 Å². The highest BCUT2D eigenvalue weighted by molar-refractivity contribution is 5.89. The van der Waals surface area contributed by atoms with E-state index in [-0.39, 0.29) is 35.0 Å². The Labute approximate surface area is 222 Å². The topological polar surface area (TPSA) is 72.8 Å². The van der Waals surface area contributed by atoms with Gasteiger partial charge in [-0.25, -0.2) is 4.79 Å². The monoisotopic (exact) mass is 510 g/mol. The van der Waals surface area contributed by atoms with Crippen molar-refractivity contribution in [1.29, 1.82) is 0 Å². The van der Waals surface area contributed by atoms with Gasteiger partial charge in [-0.1, -0.05) is 39.0 Å². The summed E-state index contributed by atoms with van der Waals surface area (Å²) in [5.74, 6) is 2.82. The highest BCUT2D eigenvalue weighted by atomic mass is 16.5. The molecule has 37 heavy (non-hydrogen) atoms. The average Bonchev–Trinajstić information content (AvgIpc) is 3.27. The average molecular weight is 511 g/mol. The largest absolute Gasteiger partial charge is 0.469 e. The first-order valence-corrected chi connectivity index (χ1v) is 14.7. The van der Waals surface area contributed by atoms with Gasteiger partial charge in [0.15, 0.2) is 0 Å². The molecular weight excluding hydrogens is 464 g/mol. The van der Waals surface area contributed by atoms with Crippen LogP contribution in [0.5, 0.6) is 0 Å². The Morgan fingerprint density at radius 3 is 2.51 bits per heavy atom. The molecule has 5 nitrogen and oxygen atoms in total. The lowest BCUT2D eigenvalue weighted by molar-refractivity contribution is -0.175. The molecule has 0 heterocycles. The molecule has 1 aromatic carbocycles. The van der Waals surface area contributed by atoms with Crippen molar-refractivity contribution in [3.63, 3.8) is 0 Å². The lowest BCUT2D eigenvalue weighted by atomic mass is 9.43. The van der Waals surface area contributed by atoms with Crippen molar-refractivity contribution in [2.75, 3.05) is 7.11 Å². The first kappa shape index (κ1) is 26.7. The van der Waals surface area contributed by atoms with Crippen LogP contribution in [0.3, 0.4) is 0 Å². The van der Waals surface area contributed by atoms with Gasteiger partial charge in [-0.3, -0.25) is 4.79 Å². The van der Waals surface area contributed by atoms with Crippen LogP contribution >= 0.6 is 0 Å². The standard InChI is InChI=1S/C32H46O5/c1-20(10-15-29(34)36-4)25-13-14-26-24-12-11-22-18-23(37-30(35)21-8-6-5-7-9-21)16-17-31(22,2)27(24)19-28(33)32(25,26)3/h5-9,20,22-28,33H,10-19H2,1-4H3/t20-,22+,23+,24-,25-,26+,27+,28-,31-,32+/m0/s1. The number of aliphatic hydroxyl groups excluding tert-OH is 1. The summed E-state index contributed by atoms with van der Waals surface area (Å²) >= 11 is 0. The number of esters is 2. The Kier molecular flexibility index (Phi) is 7.48. The molecule has 4 fully saturated rings. The van der Waals surface area contributed by atoms with Crippen LogP contribution in [0.15, 0.2) is 30.3 Å². The zero-order chi connectivity index (χ0) is 26.4. The lowest BCUT2D eigenvalue weighted by Crippen LogP contribution is -2.59. The molecule has 5 rings (SSSR count). The van der Waals surface area contributed by atoms with Crippen molar-refractivity contribution < 1.29 is 24.2 Å². The van der Waals surface area contributed by atoms with Gasteiger partial charge in [0.05, 0.1) is 18.8 Å². The number of aliphatic hydroxyl groups is 1. The number of hydrogen-bond acceptors (Lipinski definition) is 5. The van der Waals surface area contributed by atoms with Crippen molar-refractivity contribution in [3.05, 3.63) is 35.9 Å². The number of benzene rings is 1. The van der Waals surface area contributed by atoms with E-state index in [1.807, 2.05) is 30.3 Å². The second-order valence-electron chi connectivity index (χ2n) is 13.2. The summed E-state index contributed by atoms with van der Waals surface area (Å²) in [5.41, 5.74) is 0.767.